The number of nitrogens with zero attached hydrogens (tertiary/aromatic N) is 2. The molecule has 16 heavy (non-hydrogen) atoms. The molecule has 3 heteroatoms. The van der Waals surface area contributed by atoms with Crippen molar-refractivity contribution >= 4 is 5.91 Å². The van der Waals surface area contributed by atoms with Gasteiger partial charge in [-0.15, -0.1) is 0 Å². The Kier molecular flexibility index (Phi) is 2.88. The lowest BCUT2D eigenvalue weighted by atomic mass is 10.3. The van der Waals surface area contributed by atoms with E-state index in [-0.39, 0.29) is 0 Å². The molecule has 3 fully saturated rings. The van der Waals surface area contributed by atoms with E-state index in [4.69, 9.17) is 0 Å². The lowest BCUT2D eigenvalue weighted by Gasteiger charge is -2.21. The number of hydrogen-bond donors (Lipinski definition) is 0. The molecule has 0 spiro atoms. The van der Waals surface area contributed by atoms with Gasteiger partial charge in [0.25, 0.3) is 0 Å². The van der Waals surface area contributed by atoms with Crippen molar-refractivity contribution in [2.24, 2.45) is 11.8 Å². The minimum Gasteiger partial charge on any atom is -0.341 e. The smallest absolute Gasteiger partial charge is 0.225 e. The van der Waals surface area contributed by atoms with Gasteiger partial charge in [-0.25, -0.2) is 0 Å². The van der Waals surface area contributed by atoms with Crippen molar-refractivity contribution in [3.05, 3.63) is 0 Å². The van der Waals surface area contributed by atoms with E-state index in [2.05, 4.69) is 9.80 Å². The molecule has 3 nitrogen and oxygen atoms in total. The van der Waals surface area contributed by atoms with Crippen molar-refractivity contribution < 1.29 is 4.79 Å². The fourth-order valence-electron chi connectivity index (χ4n) is 2.63. The van der Waals surface area contributed by atoms with Crippen LogP contribution in [0.2, 0.25) is 0 Å². The highest BCUT2D eigenvalue weighted by molar-refractivity contribution is 5.81. The molecule has 0 aromatic rings. The van der Waals surface area contributed by atoms with Crippen LogP contribution in [0.4, 0.5) is 0 Å². The fourth-order valence-corrected chi connectivity index (χ4v) is 2.63. The van der Waals surface area contributed by atoms with Crippen LogP contribution in [0.1, 0.15) is 32.1 Å². The van der Waals surface area contributed by atoms with Gasteiger partial charge in [0.1, 0.15) is 0 Å². The molecule has 1 saturated heterocycles. The van der Waals surface area contributed by atoms with Crippen molar-refractivity contribution in [1.29, 1.82) is 0 Å². The number of hydrogen-bond acceptors (Lipinski definition) is 2. The number of carbonyl (C=O) groups excluding carboxylic acids is 1. The molecule has 90 valence electrons. The van der Waals surface area contributed by atoms with Crippen LogP contribution in [0.3, 0.4) is 0 Å². The standard InChI is InChI=1S/C13H22N2O/c16-13(12-4-5-12)15-7-1-6-14(8-9-15)10-11-2-3-11/h11-12H,1-10H2. The van der Waals surface area contributed by atoms with Crippen molar-refractivity contribution in [2.75, 3.05) is 32.7 Å². The second-order valence-electron chi connectivity index (χ2n) is 5.70. The highest BCUT2D eigenvalue weighted by Crippen LogP contribution is 2.32. The van der Waals surface area contributed by atoms with E-state index in [9.17, 15) is 4.79 Å². The number of amides is 1. The van der Waals surface area contributed by atoms with Crippen LogP contribution in [0, 0.1) is 11.8 Å². The first-order valence-corrected chi connectivity index (χ1v) is 6.84. The normalized spacial score (nSPS) is 27.9. The summed E-state index contributed by atoms with van der Waals surface area (Å²) in [5, 5.41) is 0. The molecule has 2 saturated carbocycles. The highest BCUT2D eigenvalue weighted by atomic mass is 16.2. The second kappa shape index (κ2) is 4.36. The maximum absolute atomic E-state index is 12.0. The minimum absolute atomic E-state index is 0.398. The maximum atomic E-state index is 12.0. The van der Waals surface area contributed by atoms with Crippen LogP contribution in [0.5, 0.6) is 0 Å². The van der Waals surface area contributed by atoms with E-state index >= 15 is 0 Å². The monoisotopic (exact) mass is 222 g/mol. The molecule has 1 amide bonds. The third-order valence-electron chi connectivity index (χ3n) is 4.04. The van der Waals surface area contributed by atoms with E-state index in [1.165, 1.54) is 32.4 Å². The van der Waals surface area contributed by atoms with Gasteiger partial charge in [-0.05, 0) is 44.6 Å². The Bertz CT molecular complexity index is 271. The topological polar surface area (TPSA) is 23.6 Å². The Labute approximate surface area is 97.8 Å². The van der Waals surface area contributed by atoms with Gasteiger partial charge >= 0.3 is 0 Å². The molecular weight excluding hydrogens is 200 g/mol. The van der Waals surface area contributed by atoms with Crippen molar-refractivity contribution in [2.45, 2.75) is 32.1 Å². The van der Waals surface area contributed by atoms with Crippen molar-refractivity contribution in [1.82, 2.24) is 9.80 Å². The number of rotatable bonds is 3. The van der Waals surface area contributed by atoms with E-state index in [0.29, 0.717) is 11.8 Å². The summed E-state index contributed by atoms with van der Waals surface area (Å²) in [5.74, 6) is 1.81. The van der Waals surface area contributed by atoms with Crippen molar-refractivity contribution in [3.8, 4) is 0 Å². The highest BCUT2D eigenvalue weighted by Gasteiger charge is 2.34. The van der Waals surface area contributed by atoms with Crippen LogP contribution in [-0.2, 0) is 4.79 Å². The molecule has 0 atom stereocenters. The molecule has 3 aliphatic rings. The van der Waals surface area contributed by atoms with E-state index in [1.807, 2.05) is 0 Å². The SMILES string of the molecule is O=C(C1CC1)N1CCCN(CC2CC2)CC1. The first kappa shape index (κ1) is 10.6. The summed E-state index contributed by atoms with van der Waals surface area (Å²) in [4.78, 5) is 16.6. The van der Waals surface area contributed by atoms with Crippen LogP contribution in [-0.4, -0.2) is 48.4 Å². The summed E-state index contributed by atoms with van der Waals surface area (Å²) < 4.78 is 0. The van der Waals surface area contributed by atoms with Gasteiger partial charge in [0.2, 0.25) is 5.91 Å². The van der Waals surface area contributed by atoms with Gasteiger partial charge in [0, 0.05) is 32.1 Å². The molecule has 3 rings (SSSR count). The zero-order valence-electron chi connectivity index (χ0n) is 10.0. The predicted octanol–water partition coefficient (Wildman–Crippen LogP) is 1.34. The zero-order chi connectivity index (χ0) is 11.0. The third-order valence-corrected chi connectivity index (χ3v) is 4.04. The van der Waals surface area contributed by atoms with Gasteiger partial charge in [-0.1, -0.05) is 0 Å². The zero-order valence-corrected chi connectivity index (χ0v) is 10.0. The predicted molar refractivity (Wildman–Crippen MR) is 63.1 cm³/mol. The van der Waals surface area contributed by atoms with Crippen LogP contribution < -0.4 is 0 Å². The van der Waals surface area contributed by atoms with Crippen molar-refractivity contribution in [3.63, 3.8) is 0 Å². The molecule has 1 aliphatic heterocycles. The molecule has 0 unspecified atom stereocenters. The fraction of sp³-hybridized carbons (Fsp3) is 0.923. The van der Waals surface area contributed by atoms with Crippen LogP contribution in [0.25, 0.3) is 0 Å². The maximum Gasteiger partial charge on any atom is 0.225 e. The largest absolute Gasteiger partial charge is 0.341 e. The van der Waals surface area contributed by atoms with Gasteiger partial charge in [-0.3, -0.25) is 4.79 Å². The van der Waals surface area contributed by atoms with Gasteiger partial charge in [0.05, 0.1) is 0 Å². The molecule has 0 bridgehead atoms. The average molecular weight is 222 g/mol. The Morgan fingerprint density at radius 3 is 2.50 bits per heavy atom. The summed E-state index contributed by atoms with van der Waals surface area (Å²) in [6, 6.07) is 0. The quantitative estimate of drug-likeness (QED) is 0.719. The van der Waals surface area contributed by atoms with Gasteiger partial charge in [-0.2, -0.15) is 0 Å². The Hall–Kier alpha value is -0.570. The molecule has 0 N–H and O–H groups in total. The summed E-state index contributed by atoms with van der Waals surface area (Å²) in [5.41, 5.74) is 0. The molecular formula is C13H22N2O. The minimum atomic E-state index is 0.398. The first-order chi connectivity index (χ1) is 7.83. The Morgan fingerprint density at radius 2 is 1.81 bits per heavy atom. The van der Waals surface area contributed by atoms with Gasteiger partial charge in [0.15, 0.2) is 0 Å². The van der Waals surface area contributed by atoms with Gasteiger partial charge < -0.3 is 9.80 Å². The first-order valence-electron chi connectivity index (χ1n) is 6.84. The summed E-state index contributed by atoms with van der Waals surface area (Å²) in [6.45, 7) is 5.56. The third kappa shape index (κ3) is 2.57. The molecule has 0 radical (unpaired) electrons. The van der Waals surface area contributed by atoms with E-state index in [1.54, 1.807) is 0 Å². The Morgan fingerprint density at radius 1 is 1.00 bits per heavy atom. The molecule has 0 aromatic carbocycles. The molecule has 1 heterocycles. The van der Waals surface area contributed by atoms with E-state index < -0.39 is 0 Å². The number of carbonyl (C=O) groups is 1. The lowest BCUT2D eigenvalue weighted by Crippen LogP contribution is -2.36. The molecule has 0 aromatic heterocycles. The Balaban J connectivity index is 1.49. The van der Waals surface area contributed by atoms with E-state index in [0.717, 1.165) is 38.4 Å². The van der Waals surface area contributed by atoms with Crippen LogP contribution in [0.15, 0.2) is 0 Å². The average Bonchev–Trinajstić information content (AvgIpc) is 3.15. The summed E-state index contributed by atoms with van der Waals surface area (Å²) >= 11 is 0. The second-order valence-corrected chi connectivity index (χ2v) is 5.70. The lowest BCUT2D eigenvalue weighted by molar-refractivity contribution is -0.132. The summed E-state index contributed by atoms with van der Waals surface area (Å²) in [7, 11) is 0. The summed E-state index contributed by atoms with van der Waals surface area (Å²) in [6.07, 6.45) is 6.32. The van der Waals surface area contributed by atoms with Crippen LogP contribution >= 0.6 is 0 Å². The molecule has 2 aliphatic carbocycles.